The molecule has 0 bridgehead atoms. The van der Waals surface area contributed by atoms with E-state index in [-0.39, 0.29) is 11.1 Å². The topological polar surface area (TPSA) is 86.1 Å². The minimum absolute atomic E-state index is 0.0251. The van der Waals surface area contributed by atoms with Crippen molar-refractivity contribution in [2.45, 2.75) is 11.7 Å². The Bertz CT molecular complexity index is 742. The van der Waals surface area contributed by atoms with Gasteiger partial charge in [0.25, 0.3) is 11.5 Å². The Hall–Kier alpha value is -2.35. The van der Waals surface area contributed by atoms with Crippen LogP contribution in [0.5, 0.6) is 5.88 Å². The third kappa shape index (κ3) is 2.62. The molecule has 8 heteroatoms. The average Bonchev–Trinajstić information content (AvgIpc) is 2.98. The number of carbonyl (C=O) groups is 1. The number of nitrogens with one attached hydrogen (secondary N) is 1. The molecule has 0 aliphatic carbocycles. The van der Waals surface area contributed by atoms with Crippen molar-refractivity contribution in [3.63, 3.8) is 0 Å². The van der Waals surface area contributed by atoms with E-state index >= 15 is 0 Å². The SMILES string of the molecule is COc1ccc(NC(=O)c2cnc3n(c2=O)CCS3)cn1. The summed E-state index contributed by atoms with van der Waals surface area (Å²) < 4.78 is 6.46. The van der Waals surface area contributed by atoms with Crippen molar-refractivity contribution in [2.24, 2.45) is 0 Å². The fraction of sp³-hybridized carbons (Fsp3) is 0.231. The van der Waals surface area contributed by atoms with E-state index in [1.807, 2.05) is 0 Å². The van der Waals surface area contributed by atoms with E-state index in [0.29, 0.717) is 23.3 Å². The number of anilines is 1. The number of methoxy groups -OCH3 is 1. The number of fused-ring (bicyclic) bond motifs is 1. The summed E-state index contributed by atoms with van der Waals surface area (Å²) in [6, 6.07) is 3.28. The van der Waals surface area contributed by atoms with Crippen LogP contribution < -0.4 is 15.6 Å². The second-order valence-electron chi connectivity index (χ2n) is 4.30. The number of nitrogens with zero attached hydrogens (tertiary/aromatic N) is 3. The van der Waals surface area contributed by atoms with Gasteiger partial charge in [-0.2, -0.15) is 0 Å². The molecular weight excluding hydrogens is 292 g/mol. The number of pyridine rings is 1. The molecule has 1 N–H and O–H groups in total. The highest BCUT2D eigenvalue weighted by atomic mass is 32.2. The lowest BCUT2D eigenvalue weighted by molar-refractivity contribution is 0.102. The highest BCUT2D eigenvalue weighted by molar-refractivity contribution is 7.99. The van der Waals surface area contributed by atoms with Crippen LogP contribution in [0.25, 0.3) is 0 Å². The maximum absolute atomic E-state index is 12.2. The Morgan fingerprint density at radius 1 is 1.38 bits per heavy atom. The van der Waals surface area contributed by atoms with Crippen LogP contribution in [0.3, 0.4) is 0 Å². The Morgan fingerprint density at radius 2 is 2.24 bits per heavy atom. The molecule has 1 aliphatic heterocycles. The summed E-state index contributed by atoms with van der Waals surface area (Å²) in [5.74, 6) is 0.756. The summed E-state index contributed by atoms with van der Waals surface area (Å²) in [7, 11) is 1.51. The van der Waals surface area contributed by atoms with Crippen molar-refractivity contribution < 1.29 is 9.53 Å². The molecule has 0 fully saturated rings. The molecule has 2 aromatic rings. The number of thioether (sulfide) groups is 1. The zero-order valence-electron chi connectivity index (χ0n) is 11.2. The van der Waals surface area contributed by atoms with Gasteiger partial charge in [-0.05, 0) is 6.07 Å². The monoisotopic (exact) mass is 304 g/mol. The average molecular weight is 304 g/mol. The molecule has 0 spiro atoms. The first-order chi connectivity index (χ1) is 10.2. The minimum Gasteiger partial charge on any atom is -0.481 e. The maximum Gasteiger partial charge on any atom is 0.267 e. The van der Waals surface area contributed by atoms with Crippen LogP contribution in [0, 0.1) is 0 Å². The molecule has 108 valence electrons. The van der Waals surface area contributed by atoms with Crippen molar-refractivity contribution in [3.05, 3.63) is 40.4 Å². The molecule has 21 heavy (non-hydrogen) atoms. The van der Waals surface area contributed by atoms with Crippen molar-refractivity contribution >= 4 is 23.4 Å². The van der Waals surface area contributed by atoms with Crippen LogP contribution in [0.2, 0.25) is 0 Å². The molecule has 0 radical (unpaired) electrons. The van der Waals surface area contributed by atoms with Crippen LogP contribution in [0.15, 0.2) is 34.5 Å². The van der Waals surface area contributed by atoms with Crippen molar-refractivity contribution in [1.29, 1.82) is 0 Å². The fourth-order valence-corrected chi connectivity index (χ4v) is 2.86. The van der Waals surface area contributed by atoms with Gasteiger partial charge in [0.1, 0.15) is 5.56 Å². The number of rotatable bonds is 3. The quantitative estimate of drug-likeness (QED) is 0.852. The highest BCUT2D eigenvalue weighted by Crippen LogP contribution is 2.20. The third-order valence-corrected chi connectivity index (χ3v) is 3.98. The molecule has 7 nitrogen and oxygen atoms in total. The lowest BCUT2D eigenvalue weighted by Gasteiger charge is -2.07. The first-order valence-electron chi connectivity index (χ1n) is 6.23. The van der Waals surface area contributed by atoms with Gasteiger partial charge in [0.05, 0.1) is 19.0 Å². The molecule has 0 saturated heterocycles. The minimum atomic E-state index is -0.494. The Morgan fingerprint density at radius 3 is 2.95 bits per heavy atom. The number of aromatic nitrogens is 3. The highest BCUT2D eigenvalue weighted by Gasteiger charge is 2.20. The molecule has 3 rings (SSSR count). The van der Waals surface area contributed by atoms with E-state index in [4.69, 9.17) is 4.74 Å². The van der Waals surface area contributed by atoms with Crippen LogP contribution in [0.4, 0.5) is 5.69 Å². The first kappa shape index (κ1) is 13.6. The molecule has 0 atom stereocenters. The molecular formula is C13H12N4O3S. The van der Waals surface area contributed by atoms with Gasteiger partial charge in [0.15, 0.2) is 5.16 Å². The van der Waals surface area contributed by atoms with Gasteiger partial charge in [-0.3, -0.25) is 14.2 Å². The van der Waals surface area contributed by atoms with Gasteiger partial charge in [-0.25, -0.2) is 9.97 Å². The van der Waals surface area contributed by atoms with Crippen LogP contribution in [-0.2, 0) is 6.54 Å². The van der Waals surface area contributed by atoms with E-state index in [2.05, 4.69) is 15.3 Å². The van der Waals surface area contributed by atoms with Crippen molar-refractivity contribution in [3.8, 4) is 5.88 Å². The summed E-state index contributed by atoms with van der Waals surface area (Å²) >= 11 is 1.51. The van der Waals surface area contributed by atoms with Gasteiger partial charge >= 0.3 is 0 Å². The summed E-state index contributed by atoms with van der Waals surface area (Å²) in [6.07, 6.45) is 2.78. The Balaban J connectivity index is 1.84. The number of hydrogen-bond donors (Lipinski definition) is 1. The van der Waals surface area contributed by atoms with Crippen LogP contribution in [0.1, 0.15) is 10.4 Å². The van der Waals surface area contributed by atoms with E-state index < -0.39 is 5.91 Å². The number of carbonyl (C=O) groups excluding carboxylic acids is 1. The van der Waals surface area contributed by atoms with E-state index in [1.165, 1.54) is 35.8 Å². The molecule has 1 aliphatic rings. The Labute approximate surface area is 124 Å². The molecule has 2 aromatic heterocycles. The fourth-order valence-electron chi connectivity index (χ4n) is 1.95. The van der Waals surface area contributed by atoms with Gasteiger partial charge in [-0.1, -0.05) is 11.8 Å². The van der Waals surface area contributed by atoms with Gasteiger partial charge in [0.2, 0.25) is 5.88 Å². The van der Waals surface area contributed by atoms with E-state index in [1.54, 1.807) is 12.1 Å². The zero-order chi connectivity index (χ0) is 14.8. The van der Waals surface area contributed by atoms with Crippen molar-refractivity contribution in [1.82, 2.24) is 14.5 Å². The second kappa shape index (κ2) is 5.57. The lowest BCUT2D eigenvalue weighted by atomic mass is 10.3. The third-order valence-electron chi connectivity index (χ3n) is 3.00. The summed E-state index contributed by atoms with van der Waals surface area (Å²) in [4.78, 5) is 32.5. The number of ether oxygens (including phenoxy) is 1. The molecule has 3 heterocycles. The molecule has 0 saturated carbocycles. The van der Waals surface area contributed by atoms with Crippen LogP contribution in [-0.4, -0.2) is 33.3 Å². The standard InChI is InChI=1S/C13H12N4O3S/c1-20-10-3-2-8(6-14-10)16-11(18)9-7-15-13-17(12(9)19)4-5-21-13/h2-3,6-7H,4-5H2,1H3,(H,16,18). The van der Waals surface area contributed by atoms with Gasteiger partial charge in [-0.15, -0.1) is 0 Å². The summed E-state index contributed by atoms with van der Waals surface area (Å²) in [6.45, 7) is 0.580. The second-order valence-corrected chi connectivity index (χ2v) is 5.37. The first-order valence-corrected chi connectivity index (χ1v) is 7.21. The Kier molecular flexibility index (Phi) is 3.61. The normalized spacial score (nSPS) is 12.8. The van der Waals surface area contributed by atoms with Gasteiger partial charge < -0.3 is 10.1 Å². The predicted octanol–water partition coefficient (Wildman–Crippen LogP) is 1.00. The molecule has 0 aromatic carbocycles. The largest absolute Gasteiger partial charge is 0.481 e. The summed E-state index contributed by atoms with van der Waals surface area (Å²) in [5.41, 5.74) is 0.195. The maximum atomic E-state index is 12.2. The lowest BCUT2D eigenvalue weighted by Crippen LogP contribution is -2.29. The zero-order valence-corrected chi connectivity index (χ0v) is 12.0. The van der Waals surface area contributed by atoms with E-state index in [9.17, 15) is 9.59 Å². The summed E-state index contributed by atoms with van der Waals surface area (Å²) in [5, 5.41) is 3.28. The van der Waals surface area contributed by atoms with Crippen molar-refractivity contribution in [2.75, 3.05) is 18.2 Å². The van der Waals surface area contributed by atoms with Crippen LogP contribution >= 0.6 is 11.8 Å². The molecule has 0 unspecified atom stereocenters. The number of hydrogen-bond acceptors (Lipinski definition) is 6. The number of amides is 1. The smallest absolute Gasteiger partial charge is 0.267 e. The van der Waals surface area contributed by atoms with E-state index in [0.717, 1.165) is 5.75 Å². The molecule has 1 amide bonds. The van der Waals surface area contributed by atoms with Gasteiger partial charge in [0, 0.05) is 24.6 Å². The predicted molar refractivity (Wildman–Crippen MR) is 78.0 cm³/mol.